The molecule has 0 atom stereocenters. The van der Waals surface area contributed by atoms with E-state index >= 15 is 0 Å². The van der Waals surface area contributed by atoms with E-state index in [0.717, 1.165) is 24.3 Å². The van der Waals surface area contributed by atoms with Crippen LogP contribution in [0.2, 0.25) is 0 Å². The normalized spacial score (nSPS) is 19.6. The largest absolute Gasteiger partial charge is 0.0730 e. The summed E-state index contributed by atoms with van der Waals surface area (Å²) in [6.45, 7) is 4.44. The van der Waals surface area contributed by atoms with Gasteiger partial charge in [0.05, 0.1) is 0 Å². The molecule has 0 saturated heterocycles. The maximum Gasteiger partial charge on any atom is 0.0249 e. The third-order valence-corrected chi connectivity index (χ3v) is 5.79. The second-order valence-corrected chi connectivity index (χ2v) is 7.78. The minimum Gasteiger partial charge on any atom is -0.0730 e. The Labute approximate surface area is 165 Å². The van der Waals surface area contributed by atoms with E-state index in [9.17, 15) is 0 Å². The molecule has 0 aliphatic heterocycles. The van der Waals surface area contributed by atoms with Crippen LogP contribution in [0.25, 0.3) is 0 Å². The van der Waals surface area contributed by atoms with E-state index in [1.807, 2.05) is 0 Å². The van der Waals surface area contributed by atoms with E-state index in [1.165, 1.54) is 48.8 Å². The summed E-state index contributed by atoms with van der Waals surface area (Å²) in [5.74, 6) is 7.92. The van der Waals surface area contributed by atoms with E-state index in [-0.39, 0.29) is 0 Å². The van der Waals surface area contributed by atoms with Gasteiger partial charge in [-0.15, -0.1) is 0 Å². The van der Waals surface area contributed by atoms with Crippen molar-refractivity contribution in [1.82, 2.24) is 0 Å². The lowest BCUT2D eigenvalue weighted by Crippen LogP contribution is -2.11. The molecule has 1 saturated carbocycles. The first-order chi connectivity index (χ1) is 13.3. The van der Waals surface area contributed by atoms with Gasteiger partial charge in [-0.2, -0.15) is 0 Å². The van der Waals surface area contributed by atoms with Gasteiger partial charge in [-0.3, -0.25) is 0 Å². The molecule has 1 aliphatic carbocycles. The van der Waals surface area contributed by atoms with Crippen LogP contribution >= 0.6 is 0 Å². The third kappa shape index (κ3) is 5.86. The Balaban J connectivity index is 1.47. The van der Waals surface area contributed by atoms with Crippen molar-refractivity contribution in [2.45, 2.75) is 64.7 Å². The first kappa shape index (κ1) is 19.5. The number of allylic oxidation sites excluding steroid dienone is 2. The summed E-state index contributed by atoms with van der Waals surface area (Å²) in [6, 6.07) is 18.0. The molecule has 0 bridgehead atoms. The highest BCUT2D eigenvalue weighted by atomic mass is 14.2. The monoisotopic (exact) mass is 356 g/mol. The molecule has 27 heavy (non-hydrogen) atoms. The molecule has 0 spiro atoms. The van der Waals surface area contributed by atoms with Crippen molar-refractivity contribution in [2.75, 3.05) is 0 Å². The summed E-state index contributed by atoms with van der Waals surface area (Å²) < 4.78 is 0. The van der Waals surface area contributed by atoms with Gasteiger partial charge in [0.1, 0.15) is 0 Å². The van der Waals surface area contributed by atoms with E-state index in [2.05, 4.69) is 86.4 Å². The van der Waals surface area contributed by atoms with Gasteiger partial charge in [-0.05, 0) is 85.3 Å². The first-order valence-corrected chi connectivity index (χ1v) is 10.6. The number of hydrogen-bond donors (Lipinski definition) is 0. The molecule has 0 unspecified atom stereocenters. The molecule has 0 nitrogen and oxygen atoms in total. The van der Waals surface area contributed by atoms with Crippen molar-refractivity contribution in [1.29, 1.82) is 0 Å². The van der Waals surface area contributed by atoms with Crippen LogP contribution in [-0.4, -0.2) is 0 Å². The standard InChI is InChI=1S/C27H32/c1-3-7-23-10-12-24(13-11-23)8-5-6-9-25-16-20-27(21-17-25)26-18-14-22(4-2)15-19-26/h6,9-15,18-19,25,27H,3-4,7,16-17,20-21H2,1-2H3/b9-6+. The fourth-order valence-electron chi connectivity index (χ4n) is 4.02. The molecule has 3 rings (SSSR count). The quantitative estimate of drug-likeness (QED) is 0.502. The Bertz CT molecular complexity index is 773. The molecule has 1 aliphatic rings. The summed E-state index contributed by atoms with van der Waals surface area (Å²) in [4.78, 5) is 0. The number of benzene rings is 2. The highest BCUT2D eigenvalue weighted by molar-refractivity contribution is 5.38. The molecule has 0 radical (unpaired) electrons. The van der Waals surface area contributed by atoms with E-state index in [0.29, 0.717) is 5.92 Å². The zero-order chi connectivity index (χ0) is 18.9. The van der Waals surface area contributed by atoms with Crippen molar-refractivity contribution in [3.63, 3.8) is 0 Å². The van der Waals surface area contributed by atoms with Crippen molar-refractivity contribution in [3.05, 3.63) is 82.9 Å². The maximum atomic E-state index is 3.26. The Hall–Kier alpha value is -2.26. The van der Waals surface area contributed by atoms with Gasteiger partial charge in [0.2, 0.25) is 0 Å². The van der Waals surface area contributed by atoms with Crippen LogP contribution in [0.3, 0.4) is 0 Å². The summed E-state index contributed by atoms with van der Waals surface area (Å²) in [5.41, 5.74) is 5.48. The van der Waals surface area contributed by atoms with Crippen LogP contribution in [0.15, 0.2) is 60.7 Å². The fourth-order valence-corrected chi connectivity index (χ4v) is 4.02. The molecule has 2 aromatic carbocycles. The van der Waals surface area contributed by atoms with Crippen LogP contribution < -0.4 is 0 Å². The van der Waals surface area contributed by atoms with Gasteiger partial charge in [0.15, 0.2) is 0 Å². The summed E-state index contributed by atoms with van der Waals surface area (Å²) in [7, 11) is 0. The lowest BCUT2D eigenvalue weighted by molar-refractivity contribution is 0.376. The average Bonchev–Trinajstić information content (AvgIpc) is 2.73. The SMILES string of the molecule is CCCc1ccc(C#C/C=C/C2CCC(c3ccc(CC)cc3)CC2)cc1. The van der Waals surface area contributed by atoms with Crippen LogP contribution in [-0.2, 0) is 12.8 Å². The molecule has 0 amide bonds. The molecule has 0 aromatic heterocycles. The zero-order valence-corrected chi connectivity index (χ0v) is 16.9. The van der Waals surface area contributed by atoms with Crippen LogP contribution in [0, 0.1) is 17.8 Å². The minimum absolute atomic E-state index is 0.692. The summed E-state index contributed by atoms with van der Waals surface area (Å²) in [6.07, 6.45) is 13.0. The number of aryl methyl sites for hydroxylation is 2. The lowest BCUT2D eigenvalue weighted by atomic mass is 9.78. The fraction of sp³-hybridized carbons (Fsp3) is 0.407. The topological polar surface area (TPSA) is 0 Å². The van der Waals surface area contributed by atoms with Crippen LogP contribution in [0.4, 0.5) is 0 Å². The second kappa shape index (κ2) is 10.2. The maximum absolute atomic E-state index is 3.26. The average molecular weight is 357 g/mol. The molecule has 0 heterocycles. The van der Waals surface area contributed by atoms with E-state index in [4.69, 9.17) is 0 Å². The molecule has 0 N–H and O–H groups in total. The van der Waals surface area contributed by atoms with Crippen LogP contribution in [0.1, 0.15) is 74.1 Å². The summed E-state index contributed by atoms with van der Waals surface area (Å²) in [5, 5.41) is 0. The Kier molecular flexibility index (Phi) is 7.35. The molecule has 2 aromatic rings. The van der Waals surface area contributed by atoms with Crippen molar-refractivity contribution >= 4 is 0 Å². The van der Waals surface area contributed by atoms with Crippen molar-refractivity contribution in [3.8, 4) is 11.8 Å². The Morgan fingerprint density at radius 2 is 1.52 bits per heavy atom. The predicted octanol–water partition coefficient (Wildman–Crippen LogP) is 7.08. The smallest absolute Gasteiger partial charge is 0.0249 e. The molecular weight excluding hydrogens is 324 g/mol. The van der Waals surface area contributed by atoms with Crippen molar-refractivity contribution in [2.24, 2.45) is 5.92 Å². The second-order valence-electron chi connectivity index (χ2n) is 7.78. The van der Waals surface area contributed by atoms with Crippen molar-refractivity contribution < 1.29 is 0 Å². The molecule has 140 valence electrons. The van der Waals surface area contributed by atoms with Gasteiger partial charge >= 0.3 is 0 Å². The highest BCUT2D eigenvalue weighted by Gasteiger charge is 2.20. The summed E-state index contributed by atoms with van der Waals surface area (Å²) >= 11 is 0. The number of rotatable bonds is 5. The molecular formula is C27H32. The van der Waals surface area contributed by atoms with Crippen LogP contribution in [0.5, 0.6) is 0 Å². The Morgan fingerprint density at radius 3 is 2.15 bits per heavy atom. The minimum atomic E-state index is 0.692. The Morgan fingerprint density at radius 1 is 0.852 bits per heavy atom. The number of hydrogen-bond acceptors (Lipinski definition) is 0. The van der Waals surface area contributed by atoms with Gasteiger partial charge < -0.3 is 0 Å². The third-order valence-electron chi connectivity index (χ3n) is 5.79. The van der Waals surface area contributed by atoms with Gasteiger partial charge in [0.25, 0.3) is 0 Å². The highest BCUT2D eigenvalue weighted by Crippen LogP contribution is 2.36. The first-order valence-electron chi connectivity index (χ1n) is 10.6. The van der Waals surface area contributed by atoms with E-state index < -0.39 is 0 Å². The van der Waals surface area contributed by atoms with E-state index in [1.54, 1.807) is 0 Å². The van der Waals surface area contributed by atoms with Gasteiger partial charge in [-0.25, -0.2) is 0 Å². The molecule has 1 fully saturated rings. The molecule has 0 heteroatoms. The zero-order valence-electron chi connectivity index (χ0n) is 16.9. The predicted molar refractivity (Wildman–Crippen MR) is 117 cm³/mol. The van der Waals surface area contributed by atoms with Gasteiger partial charge in [0, 0.05) is 5.56 Å². The van der Waals surface area contributed by atoms with Gasteiger partial charge in [-0.1, -0.05) is 74.6 Å². The lowest BCUT2D eigenvalue weighted by Gasteiger charge is -2.27.